The minimum atomic E-state index is -0.597. The number of aromatic nitrogens is 1. The van der Waals surface area contributed by atoms with Gasteiger partial charge in [-0.05, 0) is 23.8 Å². The molecule has 0 fully saturated rings. The molecule has 2 amide bonds. The molecule has 2 aromatic carbocycles. The number of hydrogen-bond acceptors (Lipinski definition) is 6. The van der Waals surface area contributed by atoms with Gasteiger partial charge < -0.3 is 14.6 Å². The lowest BCUT2D eigenvalue weighted by Gasteiger charge is -2.28. The molecule has 3 aromatic rings. The van der Waals surface area contributed by atoms with E-state index in [9.17, 15) is 24.5 Å². The highest BCUT2D eigenvalue weighted by molar-refractivity contribution is 6.31. The second-order valence-corrected chi connectivity index (χ2v) is 7.61. The Morgan fingerprint density at radius 1 is 1.15 bits per heavy atom. The highest BCUT2D eigenvalue weighted by atomic mass is 35.5. The Bertz CT molecular complexity index is 1320. The zero-order valence-electron chi connectivity index (χ0n) is 17.1. The molecule has 0 aliphatic carbocycles. The molecule has 0 atom stereocenters. The lowest BCUT2D eigenvalue weighted by molar-refractivity contribution is -0.384. The van der Waals surface area contributed by atoms with Crippen LogP contribution in [0.4, 0.5) is 17.1 Å². The Kier molecular flexibility index (Phi) is 6.09. The van der Waals surface area contributed by atoms with Crippen LogP contribution in [0.1, 0.15) is 5.56 Å². The summed E-state index contributed by atoms with van der Waals surface area (Å²) in [6.45, 7) is -0.470. The maximum Gasteiger partial charge on any atom is 0.271 e. The highest BCUT2D eigenvalue weighted by Crippen LogP contribution is 2.35. The summed E-state index contributed by atoms with van der Waals surface area (Å²) in [5.41, 5.74) is 0.703. The van der Waals surface area contributed by atoms with Gasteiger partial charge in [-0.1, -0.05) is 29.8 Å². The van der Waals surface area contributed by atoms with Gasteiger partial charge in [-0.2, -0.15) is 0 Å². The van der Waals surface area contributed by atoms with Crippen molar-refractivity contribution in [1.29, 1.82) is 0 Å². The largest absolute Gasteiger partial charge is 0.482 e. The number of pyridine rings is 1. The third-order valence-electron chi connectivity index (χ3n) is 4.96. The molecule has 0 saturated carbocycles. The highest BCUT2D eigenvalue weighted by Gasteiger charge is 2.29. The van der Waals surface area contributed by atoms with E-state index in [1.165, 1.54) is 41.1 Å². The van der Waals surface area contributed by atoms with Gasteiger partial charge in [-0.3, -0.25) is 29.4 Å². The van der Waals surface area contributed by atoms with Gasteiger partial charge in [0.1, 0.15) is 12.3 Å². The normalized spacial score (nSPS) is 12.6. The van der Waals surface area contributed by atoms with Gasteiger partial charge in [0.25, 0.3) is 17.2 Å². The number of carbonyl (C=O) groups excluding carboxylic acids is 2. The fourth-order valence-corrected chi connectivity index (χ4v) is 3.56. The van der Waals surface area contributed by atoms with Crippen molar-refractivity contribution in [2.45, 2.75) is 6.54 Å². The van der Waals surface area contributed by atoms with Crippen LogP contribution in [-0.2, 0) is 16.1 Å². The topological polar surface area (TPSA) is 124 Å². The second-order valence-electron chi connectivity index (χ2n) is 7.20. The predicted octanol–water partition coefficient (Wildman–Crippen LogP) is 2.82. The fraction of sp³-hybridized carbons (Fsp3) is 0.136. The first-order valence-corrected chi connectivity index (χ1v) is 10.1. The smallest absolute Gasteiger partial charge is 0.271 e. The zero-order chi connectivity index (χ0) is 23.5. The van der Waals surface area contributed by atoms with Crippen LogP contribution >= 0.6 is 11.6 Å². The third-order valence-corrected chi connectivity index (χ3v) is 5.33. The summed E-state index contributed by atoms with van der Waals surface area (Å²) >= 11 is 6.17. The van der Waals surface area contributed by atoms with Crippen molar-refractivity contribution >= 4 is 40.5 Å². The molecular formula is C22H17ClN4O6. The fourth-order valence-electron chi connectivity index (χ4n) is 3.36. The molecule has 0 saturated heterocycles. The van der Waals surface area contributed by atoms with E-state index in [2.05, 4.69) is 5.32 Å². The number of nitro groups is 1. The maximum atomic E-state index is 12.7. The Morgan fingerprint density at radius 2 is 1.94 bits per heavy atom. The Hall–Kier alpha value is -4.18. The first-order valence-electron chi connectivity index (χ1n) is 9.77. The van der Waals surface area contributed by atoms with Crippen molar-refractivity contribution in [3.05, 3.63) is 91.8 Å². The van der Waals surface area contributed by atoms with Crippen LogP contribution in [0.3, 0.4) is 0 Å². The number of nitro benzene ring substituents is 1. The van der Waals surface area contributed by atoms with E-state index < -0.39 is 16.7 Å². The molecule has 0 spiro atoms. The molecular weight excluding hydrogens is 452 g/mol. The number of nitrogens with zero attached hydrogens (tertiary/aromatic N) is 3. The first kappa shape index (κ1) is 22.0. The van der Waals surface area contributed by atoms with Gasteiger partial charge >= 0.3 is 0 Å². The van der Waals surface area contributed by atoms with Crippen LogP contribution in [-0.4, -0.2) is 34.5 Å². The minimum absolute atomic E-state index is 0.138. The number of rotatable bonds is 6. The number of hydrogen-bond donors (Lipinski definition) is 1. The lowest BCUT2D eigenvalue weighted by Crippen LogP contribution is -2.43. The van der Waals surface area contributed by atoms with Gasteiger partial charge in [0.15, 0.2) is 6.61 Å². The van der Waals surface area contributed by atoms with Crippen molar-refractivity contribution in [2.24, 2.45) is 0 Å². The Balaban J connectivity index is 1.52. The number of carbonyl (C=O) groups is 2. The molecule has 11 heteroatoms. The van der Waals surface area contributed by atoms with Crippen molar-refractivity contribution < 1.29 is 19.2 Å². The summed E-state index contributed by atoms with van der Waals surface area (Å²) in [4.78, 5) is 48.9. The minimum Gasteiger partial charge on any atom is -0.482 e. The average Bonchev–Trinajstić information content (AvgIpc) is 2.79. The molecule has 0 unspecified atom stereocenters. The standard InChI is InChI=1S/C22H17ClN4O6/c23-17-4-2-1-3-14(17)10-25-11-15(5-8-21(25)29)24-20(28)12-26-18-9-16(27(31)32)6-7-19(18)33-13-22(26)30/h1-9,11H,10,12-13H2,(H,24,28). The van der Waals surface area contributed by atoms with Crippen molar-refractivity contribution in [2.75, 3.05) is 23.4 Å². The quantitative estimate of drug-likeness (QED) is 0.438. The number of ether oxygens (including phenoxy) is 1. The van der Waals surface area contributed by atoms with Gasteiger partial charge in [0.2, 0.25) is 5.91 Å². The summed E-state index contributed by atoms with van der Waals surface area (Å²) in [6, 6.07) is 13.7. The molecule has 1 N–H and O–H groups in total. The van der Waals surface area contributed by atoms with Crippen molar-refractivity contribution in [1.82, 2.24) is 4.57 Å². The van der Waals surface area contributed by atoms with Crippen LogP contribution in [0.25, 0.3) is 0 Å². The molecule has 1 aliphatic rings. The van der Waals surface area contributed by atoms with Gasteiger partial charge in [0, 0.05) is 29.4 Å². The van der Waals surface area contributed by atoms with E-state index >= 15 is 0 Å². The summed E-state index contributed by atoms with van der Waals surface area (Å²) in [7, 11) is 0. The Morgan fingerprint density at radius 3 is 2.70 bits per heavy atom. The van der Waals surface area contributed by atoms with E-state index in [4.69, 9.17) is 16.3 Å². The number of benzene rings is 2. The van der Waals surface area contributed by atoms with E-state index in [-0.39, 0.29) is 42.4 Å². The molecule has 10 nitrogen and oxygen atoms in total. The molecule has 1 aromatic heterocycles. The number of amides is 2. The number of nitrogens with one attached hydrogen (secondary N) is 1. The molecule has 1 aliphatic heterocycles. The van der Waals surface area contributed by atoms with Crippen molar-refractivity contribution in [3.8, 4) is 5.75 Å². The molecule has 0 radical (unpaired) electrons. The Labute approximate surface area is 192 Å². The van der Waals surface area contributed by atoms with E-state index in [1.54, 1.807) is 24.3 Å². The van der Waals surface area contributed by atoms with Crippen LogP contribution in [0.2, 0.25) is 5.02 Å². The monoisotopic (exact) mass is 468 g/mol. The summed E-state index contributed by atoms with van der Waals surface area (Å²) < 4.78 is 6.70. The number of anilines is 2. The molecule has 2 heterocycles. The maximum absolute atomic E-state index is 12.7. The van der Waals surface area contributed by atoms with Crippen molar-refractivity contribution in [3.63, 3.8) is 0 Å². The molecule has 168 valence electrons. The third kappa shape index (κ3) is 4.85. The van der Waals surface area contributed by atoms with Crippen LogP contribution in [0.15, 0.2) is 65.6 Å². The zero-order valence-corrected chi connectivity index (χ0v) is 17.8. The lowest BCUT2D eigenvalue weighted by atomic mass is 10.2. The number of fused-ring (bicyclic) bond motifs is 1. The van der Waals surface area contributed by atoms with Crippen LogP contribution in [0.5, 0.6) is 5.75 Å². The first-order chi connectivity index (χ1) is 15.8. The molecule has 4 rings (SSSR count). The summed E-state index contributed by atoms with van der Waals surface area (Å²) in [5.74, 6) is -0.797. The van der Waals surface area contributed by atoms with Gasteiger partial charge in [-0.15, -0.1) is 0 Å². The second kappa shape index (κ2) is 9.13. The number of non-ortho nitro benzene ring substituents is 1. The van der Waals surface area contributed by atoms with E-state index in [1.807, 2.05) is 0 Å². The van der Waals surface area contributed by atoms with Gasteiger partial charge in [-0.25, -0.2) is 0 Å². The average molecular weight is 469 g/mol. The summed E-state index contributed by atoms with van der Waals surface area (Å²) in [6.07, 6.45) is 1.48. The molecule has 33 heavy (non-hydrogen) atoms. The van der Waals surface area contributed by atoms with E-state index in [0.29, 0.717) is 10.7 Å². The number of halogens is 1. The molecule has 0 bridgehead atoms. The predicted molar refractivity (Wildman–Crippen MR) is 121 cm³/mol. The van der Waals surface area contributed by atoms with Gasteiger partial charge in [0.05, 0.1) is 22.8 Å². The van der Waals surface area contributed by atoms with Crippen LogP contribution in [0, 0.1) is 10.1 Å². The van der Waals surface area contributed by atoms with Crippen LogP contribution < -0.4 is 20.5 Å². The summed E-state index contributed by atoms with van der Waals surface area (Å²) in [5, 5.41) is 14.3. The van der Waals surface area contributed by atoms with E-state index in [0.717, 1.165) is 10.5 Å². The SMILES string of the molecule is O=C(CN1C(=O)COc2ccc([N+](=O)[O-])cc21)Nc1ccc(=O)n(Cc2ccccc2Cl)c1.